The molecule has 0 spiro atoms. The van der Waals surface area contributed by atoms with E-state index in [1.807, 2.05) is 4.90 Å². The van der Waals surface area contributed by atoms with Crippen LogP contribution in [0.2, 0.25) is 5.02 Å². The van der Waals surface area contributed by atoms with E-state index in [-0.39, 0.29) is 28.5 Å². The zero-order chi connectivity index (χ0) is 18.7. The van der Waals surface area contributed by atoms with E-state index in [2.05, 4.69) is 4.90 Å². The third-order valence-corrected chi connectivity index (χ3v) is 8.39. The SMILES string of the molecule is O=C(CSC1CCS(=O)(=O)C1)N1CCN(Cc2ccc(F)cc2Cl)CC1. The van der Waals surface area contributed by atoms with Gasteiger partial charge in [0.15, 0.2) is 9.84 Å². The van der Waals surface area contributed by atoms with Gasteiger partial charge in [-0.25, -0.2) is 12.8 Å². The van der Waals surface area contributed by atoms with Crippen molar-refractivity contribution in [2.45, 2.75) is 18.2 Å². The molecule has 1 amide bonds. The molecule has 0 N–H and O–H groups in total. The van der Waals surface area contributed by atoms with E-state index in [1.165, 1.54) is 23.9 Å². The average Bonchev–Trinajstić information content (AvgIpc) is 2.95. The van der Waals surface area contributed by atoms with Gasteiger partial charge in [-0.2, -0.15) is 0 Å². The first kappa shape index (κ1) is 19.9. The van der Waals surface area contributed by atoms with Crippen LogP contribution >= 0.6 is 23.4 Å². The Bertz CT molecular complexity index is 767. The van der Waals surface area contributed by atoms with Crippen molar-refractivity contribution < 1.29 is 17.6 Å². The molecule has 9 heteroatoms. The average molecular weight is 421 g/mol. The Morgan fingerprint density at radius 3 is 2.62 bits per heavy atom. The van der Waals surface area contributed by atoms with E-state index in [4.69, 9.17) is 11.6 Å². The molecule has 0 saturated carbocycles. The highest BCUT2D eigenvalue weighted by atomic mass is 35.5. The first-order valence-corrected chi connectivity index (χ1v) is 11.8. The normalized spacial score (nSPS) is 23.3. The molecule has 2 aliphatic rings. The second-order valence-corrected chi connectivity index (χ2v) is 10.7. The minimum Gasteiger partial charge on any atom is -0.339 e. The van der Waals surface area contributed by atoms with Crippen LogP contribution < -0.4 is 0 Å². The van der Waals surface area contributed by atoms with Gasteiger partial charge in [-0.3, -0.25) is 9.69 Å². The summed E-state index contributed by atoms with van der Waals surface area (Å²) in [5.74, 6) is 0.491. The van der Waals surface area contributed by atoms with Crippen LogP contribution in [0.3, 0.4) is 0 Å². The zero-order valence-electron chi connectivity index (χ0n) is 14.4. The van der Waals surface area contributed by atoms with E-state index in [0.29, 0.717) is 36.8 Å². The lowest BCUT2D eigenvalue weighted by Crippen LogP contribution is -2.49. The van der Waals surface area contributed by atoms with Gasteiger partial charge in [-0.05, 0) is 24.1 Å². The molecular weight excluding hydrogens is 399 g/mol. The molecular formula is C17H22ClFN2O3S2. The van der Waals surface area contributed by atoms with Crippen molar-refractivity contribution in [1.29, 1.82) is 0 Å². The van der Waals surface area contributed by atoms with E-state index in [0.717, 1.165) is 18.7 Å². The predicted octanol–water partition coefficient (Wildman–Crippen LogP) is 2.04. The van der Waals surface area contributed by atoms with Crippen LogP contribution in [-0.4, -0.2) is 72.8 Å². The van der Waals surface area contributed by atoms with Gasteiger partial charge in [-0.1, -0.05) is 17.7 Å². The maximum Gasteiger partial charge on any atom is 0.232 e. The lowest BCUT2D eigenvalue weighted by molar-refractivity contribution is -0.130. The van der Waals surface area contributed by atoms with Crippen molar-refractivity contribution in [2.24, 2.45) is 0 Å². The smallest absolute Gasteiger partial charge is 0.232 e. The number of halogens is 2. The number of hydrogen-bond donors (Lipinski definition) is 0. The van der Waals surface area contributed by atoms with Crippen LogP contribution in [0.1, 0.15) is 12.0 Å². The summed E-state index contributed by atoms with van der Waals surface area (Å²) >= 11 is 7.53. The number of piperazine rings is 1. The quantitative estimate of drug-likeness (QED) is 0.729. The van der Waals surface area contributed by atoms with Crippen LogP contribution in [0.5, 0.6) is 0 Å². The van der Waals surface area contributed by atoms with Gasteiger partial charge in [-0.15, -0.1) is 11.8 Å². The molecule has 1 unspecified atom stereocenters. The summed E-state index contributed by atoms with van der Waals surface area (Å²) in [7, 11) is -2.90. The molecule has 0 aliphatic carbocycles. The lowest BCUT2D eigenvalue weighted by Gasteiger charge is -2.35. The third-order valence-electron chi connectivity index (χ3n) is 4.77. The maximum absolute atomic E-state index is 13.1. The van der Waals surface area contributed by atoms with Crippen molar-refractivity contribution in [3.63, 3.8) is 0 Å². The summed E-state index contributed by atoms with van der Waals surface area (Å²) < 4.78 is 36.1. The highest BCUT2D eigenvalue weighted by Crippen LogP contribution is 2.25. The van der Waals surface area contributed by atoms with E-state index in [1.54, 1.807) is 6.07 Å². The highest BCUT2D eigenvalue weighted by Gasteiger charge is 2.29. The van der Waals surface area contributed by atoms with Crippen LogP contribution in [0.25, 0.3) is 0 Å². The first-order valence-electron chi connectivity index (χ1n) is 8.58. The molecule has 2 heterocycles. The fraction of sp³-hybridized carbons (Fsp3) is 0.588. The first-order chi connectivity index (χ1) is 12.3. The van der Waals surface area contributed by atoms with Gasteiger partial charge in [0, 0.05) is 43.0 Å². The summed E-state index contributed by atoms with van der Waals surface area (Å²) in [5.41, 5.74) is 0.880. The summed E-state index contributed by atoms with van der Waals surface area (Å²) in [5, 5.41) is 0.470. The number of thioether (sulfide) groups is 1. The molecule has 2 saturated heterocycles. The Morgan fingerprint density at radius 2 is 2.00 bits per heavy atom. The van der Waals surface area contributed by atoms with Crippen molar-refractivity contribution in [2.75, 3.05) is 43.4 Å². The molecule has 1 aromatic carbocycles. The van der Waals surface area contributed by atoms with Crippen LogP contribution in [0.4, 0.5) is 4.39 Å². The molecule has 3 rings (SSSR count). The molecule has 144 valence electrons. The monoisotopic (exact) mass is 420 g/mol. The number of carbonyl (C=O) groups excluding carboxylic acids is 1. The molecule has 0 radical (unpaired) electrons. The topological polar surface area (TPSA) is 57.7 Å². The standard InChI is InChI=1S/C17H22ClFN2O3S2/c18-16-9-14(19)2-1-13(16)10-20-4-6-21(7-5-20)17(22)11-25-15-3-8-26(23,24)12-15/h1-2,9,15H,3-8,10-12H2. The summed E-state index contributed by atoms with van der Waals surface area (Å²) in [6.07, 6.45) is 0.645. The van der Waals surface area contributed by atoms with Crippen LogP contribution in [0.15, 0.2) is 18.2 Å². The number of sulfone groups is 1. The second-order valence-electron chi connectivity index (χ2n) is 6.73. The zero-order valence-corrected chi connectivity index (χ0v) is 16.8. The maximum atomic E-state index is 13.1. The van der Waals surface area contributed by atoms with E-state index >= 15 is 0 Å². The minimum absolute atomic E-state index is 0.0471. The molecule has 26 heavy (non-hydrogen) atoms. The number of rotatable bonds is 5. The third kappa shape index (κ3) is 5.34. The Labute approximate surface area is 162 Å². The Hall–Kier alpha value is -0.830. The largest absolute Gasteiger partial charge is 0.339 e. The van der Waals surface area contributed by atoms with Gasteiger partial charge in [0.05, 0.1) is 17.3 Å². The number of hydrogen-bond acceptors (Lipinski definition) is 5. The Kier molecular flexibility index (Phi) is 6.48. The predicted molar refractivity (Wildman–Crippen MR) is 103 cm³/mol. The lowest BCUT2D eigenvalue weighted by atomic mass is 10.2. The molecule has 1 atom stereocenters. The number of benzene rings is 1. The second kappa shape index (κ2) is 8.46. The molecule has 0 aromatic heterocycles. The van der Waals surface area contributed by atoms with Crippen molar-refractivity contribution in [3.05, 3.63) is 34.6 Å². The Morgan fingerprint density at radius 1 is 1.27 bits per heavy atom. The highest BCUT2D eigenvalue weighted by molar-refractivity contribution is 8.02. The van der Waals surface area contributed by atoms with E-state index < -0.39 is 9.84 Å². The Balaban J connectivity index is 1.42. The van der Waals surface area contributed by atoms with Crippen LogP contribution in [0, 0.1) is 5.82 Å². The van der Waals surface area contributed by atoms with Gasteiger partial charge < -0.3 is 4.90 Å². The van der Waals surface area contributed by atoms with Gasteiger partial charge in [0.1, 0.15) is 5.82 Å². The number of nitrogens with zero attached hydrogens (tertiary/aromatic N) is 2. The summed E-state index contributed by atoms with van der Waals surface area (Å²) in [6, 6.07) is 4.42. The van der Waals surface area contributed by atoms with Crippen molar-refractivity contribution in [1.82, 2.24) is 9.80 Å². The van der Waals surface area contributed by atoms with Crippen LogP contribution in [-0.2, 0) is 21.2 Å². The molecule has 0 bridgehead atoms. The van der Waals surface area contributed by atoms with Gasteiger partial charge >= 0.3 is 0 Å². The fourth-order valence-electron chi connectivity index (χ4n) is 3.22. The van der Waals surface area contributed by atoms with Crippen molar-refractivity contribution >= 4 is 39.1 Å². The van der Waals surface area contributed by atoms with Crippen molar-refractivity contribution in [3.8, 4) is 0 Å². The molecule has 2 aliphatic heterocycles. The molecule has 2 fully saturated rings. The summed E-state index contributed by atoms with van der Waals surface area (Å²) in [6.45, 7) is 3.39. The molecule has 1 aromatic rings. The number of carbonyl (C=O) groups is 1. The van der Waals surface area contributed by atoms with Gasteiger partial charge in [0.2, 0.25) is 5.91 Å². The van der Waals surface area contributed by atoms with Gasteiger partial charge in [0.25, 0.3) is 0 Å². The summed E-state index contributed by atoms with van der Waals surface area (Å²) in [4.78, 5) is 16.4. The molecule has 5 nitrogen and oxygen atoms in total. The van der Waals surface area contributed by atoms with E-state index in [9.17, 15) is 17.6 Å². The minimum atomic E-state index is -2.90. The fourth-order valence-corrected chi connectivity index (χ4v) is 6.99. The number of amides is 1.